The van der Waals surface area contributed by atoms with Crippen molar-refractivity contribution in [2.75, 3.05) is 7.11 Å². The highest BCUT2D eigenvalue weighted by molar-refractivity contribution is 5.32. The molecule has 3 nitrogen and oxygen atoms in total. The number of pyridine rings is 1. The lowest BCUT2D eigenvalue weighted by atomic mass is 10.0. The second-order valence-electron chi connectivity index (χ2n) is 4.15. The Kier molecular flexibility index (Phi) is 6.33. The zero-order valence-electron chi connectivity index (χ0n) is 10.6. The van der Waals surface area contributed by atoms with E-state index >= 15 is 0 Å². The van der Waals surface area contributed by atoms with Gasteiger partial charge in [-0.15, -0.1) is 6.58 Å². The van der Waals surface area contributed by atoms with Gasteiger partial charge in [-0.3, -0.25) is 4.98 Å². The van der Waals surface area contributed by atoms with Crippen LogP contribution in [0.5, 0.6) is 5.75 Å². The number of methoxy groups -OCH3 is 1. The van der Waals surface area contributed by atoms with E-state index in [1.54, 1.807) is 19.5 Å². The van der Waals surface area contributed by atoms with Crippen LogP contribution in [0, 0.1) is 0 Å². The van der Waals surface area contributed by atoms with Crippen molar-refractivity contribution in [1.82, 2.24) is 4.98 Å². The molecule has 3 heteroatoms. The summed E-state index contributed by atoms with van der Waals surface area (Å²) in [6.45, 7) is 3.72. The minimum atomic E-state index is 0.0386. The highest BCUT2D eigenvalue weighted by Crippen LogP contribution is 2.25. The number of rotatable bonds is 8. The maximum absolute atomic E-state index is 6.16. The summed E-state index contributed by atoms with van der Waals surface area (Å²) in [7, 11) is 1.65. The lowest BCUT2D eigenvalue weighted by molar-refractivity contribution is 0.401. The molecule has 2 N–H and O–H groups in total. The maximum atomic E-state index is 6.16. The molecule has 0 fully saturated rings. The van der Waals surface area contributed by atoms with Crippen LogP contribution in [0.15, 0.2) is 31.1 Å². The third-order valence-electron chi connectivity index (χ3n) is 2.86. The van der Waals surface area contributed by atoms with E-state index < -0.39 is 0 Å². The molecule has 17 heavy (non-hydrogen) atoms. The Morgan fingerprint density at radius 3 is 3.00 bits per heavy atom. The van der Waals surface area contributed by atoms with Crippen molar-refractivity contribution in [2.24, 2.45) is 5.73 Å². The van der Waals surface area contributed by atoms with Gasteiger partial charge in [0.05, 0.1) is 13.3 Å². The molecule has 0 aliphatic heterocycles. The zero-order chi connectivity index (χ0) is 12.5. The fourth-order valence-electron chi connectivity index (χ4n) is 1.85. The molecule has 0 saturated carbocycles. The van der Waals surface area contributed by atoms with Crippen molar-refractivity contribution < 1.29 is 4.74 Å². The molecule has 1 aromatic heterocycles. The van der Waals surface area contributed by atoms with Crippen molar-refractivity contribution in [2.45, 2.75) is 38.1 Å². The van der Waals surface area contributed by atoms with Gasteiger partial charge in [0, 0.05) is 17.8 Å². The van der Waals surface area contributed by atoms with Crippen LogP contribution in [0.2, 0.25) is 0 Å². The number of nitrogens with two attached hydrogens (primary N) is 1. The van der Waals surface area contributed by atoms with E-state index in [0.29, 0.717) is 0 Å². The second kappa shape index (κ2) is 7.85. The van der Waals surface area contributed by atoms with E-state index in [1.165, 1.54) is 12.8 Å². The van der Waals surface area contributed by atoms with E-state index in [1.807, 2.05) is 12.1 Å². The van der Waals surface area contributed by atoms with E-state index in [0.717, 1.165) is 30.6 Å². The van der Waals surface area contributed by atoms with Crippen LogP contribution in [0.4, 0.5) is 0 Å². The van der Waals surface area contributed by atoms with Crippen LogP contribution in [0.3, 0.4) is 0 Å². The highest BCUT2D eigenvalue weighted by atomic mass is 16.5. The van der Waals surface area contributed by atoms with Crippen LogP contribution in [-0.4, -0.2) is 12.1 Å². The number of allylic oxidation sites excluding steroid dienone is 1. The first-order valence-electron chi connectivity index (χ1n) is 6.14. The van der Waals surface area contributed by atoms with Gasteiger partial charge in [-0.2, -0.15) is 0 Å². The fraction of sp³-hybridized carbons (Fsp3) is 0.500. The Bertz CT molecular complexity index is 339. The number of hydrogen-bond donors (Lipinski definition) is 1. The SMILES string of the molecule is C=CCCCCCC(N)c1ccncc1OC. The van der Waals surface area contributed by atoms with E-state index in [4.69, 9.17) is 10.5 Å². The van der Waals surface area contributed by atoms with Crippen molar-refractivity contribution in [3.8, 4) is 5.75 Å². The number of ether oxygens (including phenoxy) is 1. The molecule has 0 aromatic carbocycles. The van der Waals surface area contributed by atoms with Crippen LogP contribution >= 0.6 is 0 Å². The number of nitrogens with zero attached hydrogens (tertiary/aromatic N) is 1. The predicted octanol–water partition coefficient (Wildman–Crippen LogP) is 3.23. The van der Waals surface area contributed by atoms with Crippen LogP contribution in [0.1, 0.15) is 43.7 Å². The summed E-state index contributed by atoms with van der Waals surface area (Å²) >= 11 is 0. The smallest absolute Gasteiger partial charge is 0.141 e. The summed E-state index contributed by atoms with van der Waals surface area (Å²) in [5.41, 5.74) is 7.21. The van der Waals surface area contributed by atoms with Crippen molar-refractivity contribution in [3.63, 3.8) is 0 Å². The minimum Gasteiger partial charge on any atom is -0.495 e. The lowest BCUT2D eigenvalue weighted by Crippen LogP contribution is -2.11. The van der Waals surface area contributed by atoms with Gasteiger partial charge in [0.2, 0.25) is 0 Å². The topological polar surface area (TPSA) is 48.1 Å². The third kappa shape index (κ3) is 4.57. The molecular formula is C14H22N2O. The van der Waals surface area contributed by atoms with Crippen molar-refractivity contribution in [3.05, 3.63) is 36.7 Å². The van der Waals surface area contributed by atoms with Gasteiger partial charge in [0.1, 0.15) is 5.75 Å². The summed E-state index contributed by atoms with van der Waals surface area (Å²) in [5.74, 6) is 0.783. The van der Waals surface area contributed by atoms with Crippen LogP contribution in [-0.2, 0) is 0 Å². The minimum absolute atomic E-state index is 0.0386. The molecule has 1 aromatic rings. The Hall–Kier alpha value is -1.35. The summed E-state index contributed by atoms with van der Waals surface area (Å²) in [6.07, 6.45) is 11.1. The van der Waals surface area contributed by atoms with Gasteiger partial charge in [0.25, 0.3) is 0 Å². The average molecular weight is 234 g/mol. The summed E-state index contributed by atoms with van der Waals surface area (Å²) < 4.78 is 5.26. The monoisotopic (exact) mass is 234 g/mol. The Labute approximate surface area is 104 Å². The Balaban J connectivity index is 2.40. The number of aromatic nitrogens is 1. The largest absolute Gasteiger partial charge is 0.495 e. The standard InChI is InChI=1S/C14H22N2O/c1-3-4-5-6-7-8-13(15)12-9-10-16-11-14(12)17-2/h3,9-11,13H,1,4-8,15H2,2H3. The molecule has 0 aliphatic rings. The van der Waals surface area contributed by atoms with E-state index in [2.05, 4.69) is 11.6 Å². The number of unbranched alkanes of at least 4 members (excludes halogenated alkanes) is 3. The average Bonchev–Trinajstić information content (AvgIpc) is 2.38. The van der Waals surface area contributed by atoms with E-state index in [-0.39, 0.29) is 6.04 Å². The quantitative estimate of drug-likeness (QED) is 0.555. The predicted molar refractivity (Wildman–Crippen MR) is 71.0 cm³/mol. The first kappa shape index (κ1) is 13.7. The fourth-order valence-corrected chi connectivity index (χ4v) is 1.85. The normalized spacial score (nSPS) is 12.1. The lowest BCUT2D eigenvalue weighted by Gasteiger charge is -2.14. The molecule has 0 aliphatic carbocycles. The van der Waals surface area contributed by atoms with Gasteiger partial charge in [-0.05, 0) is 25.3 Å². The molecule has 1 heterocycles. The Morgan fingerprint density at radius 2 is 2.29 bits per heavy atom. The molecule has 0 amide bonds. The molecule has 0 saturated heterocycles. The van der Waals surface area contributed by atoms with Crippen molar-refractivity contribution in [1.29, 1.82) is 0 Å². The molecule has 1 atom stereocenters. The van der Waals surface area contributed by atoms with E-state index in [9.17, 15) is 0 Å². The third-order valence-corrected chi connectivity index (χ3v) is 2.86. The molecule has 1 rings (SSSR count). The summed E-state index contributed by atoms with van der Waals surface area (Å²) in [5, 5.41) is 0. The van der Waals surface area contributed by atoms with Crippen LogP contribution in [0.25, 0.3) is 0 Å². The summed E-state index contributed by atoms with van der Waals surface area (Å²) in [6, 6.07) is 1.98. The molecular weight excluding hydrogens is 212 g/mol. The zero-order valence-corrected chi connectivity index (χ0v) is 10.6. The van der Waals surface area contributed by atoms with Gasteiger partial charge in [-0.1, -0.05) is 18.9 Å². The maximum Gasteiger partial charge on any atom is 0.141 e. The number of hydrogen-bond acceptors (Lipinski definition) is 3. The van der Waals surface area contributed by atoms with Crippen LogP contribution < -0.4 is 10.5 Å². The van der Waals surface area contributed by atoms with Gasteiger partial charge < -0.3 is 10.5 Å². The first-order valence-corrected chi connectivity index (χ1v) is 6.14. The summed E-state index contributed by atoms with van der Waals surface area (Å²) in [4.78, 5) is 4.03. The molecule has 0 radical (unpaired) electrons. The Morgan fingerprint density at radius 1 is 1.47 bits per heavy atom. The highest BCUT2D eigenvalue weighted by Gasteiger charge is 2.10. The van der Waals surface area contributed by atoms with Gasteiger partial charge >= 0.3 is 0 Å². The first-order chi connectivity index (χ1) is 8.29. The molecule has 0 spiro atoms. The van der Waals surface area contributed by atoms with Gasteiger partial charge in [-0.25, -0.2) is 0 Å². The van der Waals surface area contributed by atoms with Crippen molar-refractivity contribution >= 4 is 0 Å². The molecule has 94 valence electrons. The molecule has 1 unspecified atom stereocenters. The van der Waals surface area contributed by atoms with Gasteiger partial charge in [0.15, 0.2) is 0 Å². The second-order valence-corrected chi connectivity index (χ2v) is 4.15. The molecule has 0 bridgehead atoms.